The van der Waals surface area contributed by atoms with Crippen molar-refractivity contribution >= 4 is 28.5 Å². The highest BCUT2D eigenvalue weighted by atomic mass is 35.5. The van der Waals surface area contributed by atoms with Crippen molar-refractivity contribution < 1.29 is 9.84 Å². The highest BCUT2D eigenvalue weighted by molar-refractivity contribution is 6.30. The number of nitrogens with zero attached hydrogens (tertiary/aromatic N) is 3. The summed E-state index contributed by atoms with van der Waals surface area (Å²) in [5.41, 5.74) is 2.54. The molecule has 0 radical (unpaired) electrons. The first-order chi connectivity index (χ1) is 12.7. The molecule has 2 N–H and O–H groups in total. The van der Waals surface area contributed by atoms with Crippen LogP contribution >= 0.6 is 11.6 Å². The average molecular weight is 379 g/mol. The molecule has 1 saturated heterocycles. The number of nitrogens with one attached hydrogen (secondary N) is 1. The van der Waals surface area contributed by atoms with E-state index in [-0.39, 0.29) is 18.9 Å². The van der Waals surface area contributed by atoms with Crippen LogP contribution in [-0.2, 0) is 4.74 Å². The van der Waals surface area contributed by atoms with E-state index in [0.29, 0.717) is 11.2 Å². The van der Waals surface area contributed by atoms with Gasteiger partial charge < -0.3 is 15.2 Å². The van der Waals surface area contributed by atoms with E-state index in [9.17, 15) is 5.11 Å². The van der Waals surface area contributed by atoms with Crippen LogP contribution in [0.2, 0.25) is 5.15 Å². The minimum atomic E-state index is -0.141. The van der Waals surface area contributed by atoms with Crippen LogP contribution in [0.25, 0.3) is 11.2 Å². The minimum Gasteiger partial charge on any atom is -0.394 e. The molecule has 1 saturated carbocycles. The van der Waals surface area contributed by atoms with Crippen molar-refractivity contribution in [3.63, 3.8) is 0 Å². The summed E-state index contributed by atoms with van der Waals surface area (Å²) in [7, 11) is 0. The lowest BCUT2D eigenvalue weighted by atomic mass is 9.96. The average Bonchev–Trinajstić information content (AvgIpc) is 3.23. The summed E-state index contributed by atoms with van der Waals surface area (Å²) >= 11 is 6.32. The summed E-state index contributed by atoms with van der Waals surface area (Å²) in [5, 5.41) is 13.4. The minimum absolute atomic E-state index is 0.0474. The van der Waals surface area contributed by atoms with Crippen LogP contribution in [0.3, 0.4) is 0 Å². The molecule has 7 heteroatoms. The van der Waals surface area contributed by atoms with Crippen LogP contribution in [0, 0.1) is 0 Å². The maximum absolute atomic E-state index is 9.31. The van der Waals surface area contributed by atoms with E-state index in [2.05, 4.69) is 15.3 Å². The first-order valence-electron chi connectivity index (χ1n) is 9.80. The summed E-state index contributed by atoms with van der Waals surface area (Å²) < 4.78 is 7.84. The zero-order valence-corrected chi connectivity index (χ0v) is 15.8. The molecule has 2 fully saturated rings. The van der Waals surface area contributed by atoms with Gasteiger partial charge in [0.1, 0.15) is 16.9 Å². The van der Waals surface area contributed by atoms with Crippen molar-refractivity contribution in [3.05, 3.63) is 17.5 Å². The molecule has 0 aromatic carbocycles. The topological polar surface area (TPSA) is 72.2 Å². The Morgan fingerprint density at radius 1 is 1.15 bits per heavy atom. The number of aliphatic hydroxyl groups is 1. The van der Waals surface area contributed by atoms with Crippen molar-refractivity contribution in [3.8, 4) is 0 Å². The first-order valence-corrected chi connectivity index (χ1v) is 10.2. The van der Waals surface area contributed by atoms with Gasteiger partial charge in [0.05, 0.1) is 24.7 Å². The summed E-state index contributed by atoms with van der Waals surface area (Å²) in [5.74, 6) is 0. The van der Waals surface area contributed by atoms with Crippen molar-refractivity contribution in [2.75, 3.05) is 11.9 Å². The second kappa shape index (κ2) is 8.11. The zero-order valence-electron chi connectivity index (χ0n) is 15.0. The van der Waals surface area contributed by atoms with Gasteiger partial charge in [0.15, 0.2) is 5.65 Å². The standard InChI is InChI=1S/C19H27ClN4O2/c20-16-10-15(22-13-6-4-2-1-3-5-7-13)18-19(23-16)24(12-21-18)17-9-8-14(11-25)26-17/h10,12-14,17,25H,1-9,11H2,(H,22,23)/t14-,17+/m0/s1. The Morgan fingerprint density at radius 2 is 1.92 bits per heavy atom. The smallest absolute Gasteiger partial charge is 0.165 e. The van der Waals surface area contributed by atoms with Gasteiger partial charge in [-0.15, -0.1) is 0 Å². The number of aromatic nitrogens is 3. The number of hydrogen-bond acceptors (Lipinski definition) is 5. The van der Waals surface area contributed by atoms with Crippen LogP contribution < -0.4 is 5.32 Å². The number of hydrogen-bond donors (Lipinski definition) is 2. The van der Waals surface area contributed by atoms with Gasteiger partial charge in [-0.2, -0.15) is 0 Å². The van der Waals surface area contributed by atoms with E-state index in [1.165, 1.54) is 44.9 Å². The molecule has 0 unspecified atom stereocenters. The van der Waals surface area contributed by atoms with Gasteiger partial charge in [-0.3, -0.25) is 4.57 Å². The molecule has 6 nitrogen and oxygen atoms in total. The highest BCUT2D eigenvalue weighted by Crippen LogP contribution is 2.33. The predicted octanol–water partition coefficient (Wildman–Crippen LogP) is 4.28. The van der Waals surface area contributed by atoms with E-state index >= 15 is 0 Å². The van der Waals surface area contributed by atoms with Crippen LogP contribution in [0.1, 0.15) is 64.0 Å². The Hall–Kier alpha value is -1.37. The van der Waals surface area contributed by atoms with Gasteiger partial charge in [0, 0.05) is 12.1 Å². The van der Waals surface area contributed by atoms with Crippen LogP contribution in [0.5, 0.6) is 0 Å². The molecular weight excluding hydrogens is 352 g/mol. The van der Waals surface area contributed by atoms with Crippen molar-refractivity contribution in [1.29, 1.82) is 0 Å². The summed E-state index contributed by atoms with van der Waals surface area (Å²) in [6.07, 6.45) is 12.1. The fourth-order valence-corrected chi connectivity index (χ4v) is 4.33. The van der Waals surface area contributed by atoms with Gasteiger partial charge in [0.25, 0.3) is 0 Å². The monoisotopic (exact) mass is 378 g/mol. The van der Waals surface area contributed by atoms with E-state index in [1.54, 1.807) is 6.33 Å². The quantitative estimate of drug-likeness (QED) is 0.777. The van der Waals surface area contributed by atoms with Gasteiger partial charge in [0.2, 0.25) is 0 Å². The molecule has 1 aliphatic carbocycles. The Bertz CT molecular complexity index is 742. The number of rotatable bonds is 4. The van der Waals surface area contributed by atoms with Gasteiger partial charge >= 0.3 is 0 Å². The van der Waals surface area contributed by atoms with Gasteiger partial charge in [-0.25, -0.2) is 9.97 Å². The lowest BCUT2D eigenvalue weighted by Gasteiger charge is -2.22. The second-order valence-corrected chi connectivity index (χ2v) is 7.86. The third-order valence-electron chi connectivity index (χ3n) is 5.56. The Labute approximate surface area is 158 Å². The lowest BCUT2D eigenvalue weighted by Crippen LogP contribution is -2.21. The normalized spacial score (nSPS) is 25.3. The third-order valence-corrected chi connectivity index (χ3v) is 5.76. The molecule has 2 aromatic rings. The van der Waals surface area contributed by atoms with Gasteiger partial charge in [-0.05, 0) is 25.7 Å². The van der Waals surface area contributed by atoms with E-state index < -0.39 is 0 Å². The first kappa shape index (κ1) is 18.0. The Morgan fingerprint density at radius 3 is 2.65 bits per heavy atom. The Balaban J connectivity index is 1.59. The van der Waals surface area contributed by atoms with Gasteiger partial charge in [-0.1, -0.05) is 43.7 Å². The lowest BCUT2D eigenvalue weighted by molar-refractivity contribution is -0.0207. The van der Waals surface area contributed by atoms with Crippen LogP contribution in [0.4, 0.5) is 5.69 Å². The number of ether oxygens (including phenoxy) is 1. The molecule has 2 aliphatic rings. The number of fused-ring (bicyclic) bond motifs is 1. The molecule has 3 heterocycles. The number of halogens is 1. The Kier molecular flexibility index (Phi) is 5.62. The highest BCUT2D eigenvalue weighted by Gasteiger charge is 2.28. The molecule has 26 heavy (non-hydrogen) atoms. The largest absolute Gasteiger partial charge is 0.394 e. The molecule has 2 atom stereocenters. The van der Waals surface area contributed by atoms with Crippen molar-refractivity contribution in [1.82, 2.24) is 14.5 Å². The van der Waals surface area contributed by atoms with E-state index in [4.69, 9.17) is 16.3 Å². The number of anilines is 1. The fourth-order valence-electron chi connectivity index (χ4n) is 4.14. The van der Waals surface area contributed by atoms with E-state index in [1.807, 2.05) is 10.6 Å². The summed E-state index contributed by atoms with van der Waals surface area (Å²) in [4.78, 5) is 9.10. The molecule has 0 spiro atoms. The number of pyridine rings is 1. The molecular formula is C19H27ClN4O2. The van der Waals surface area contributed by atoms with Crippen LogP contribution in [-0.4, -0.2) is 38.4 Å². The maximum atomic E-state index is 9.31. The number of imidazole rings is 1. The fraction of sp³-hybridized carbons (Fsp3) is 0.684. The predicted molar refractivity (Wildman–Crippen MR) is 102 cm³/mol. The summed E-state index contributed by atoms with van der Waals surface area (Å²) in [6, 6.07) is 2.34. The van der Waals surface area contributed by atoms with Crippen molar-refractivity contribution in [2.45, 2.75) is 76.2 Å². The van der Waals surface area contributed by atoms with E-state index in [0.717, 1.165) is 29.7 Å². The molecule has 0 amide bonds. The molecule has 142 valence electrons. The molecule has 0 bridgehead atoms. The molecule has 4 rings (SSSR count). The maximum Gasteiger partial charge on any atom is 0.165 e. The summed E-state index contributed by atoms with van der Waals surface area (Å²) in [6.45, 7) is 0.0474. The zero-order chi connectivity index (χ0) is 17.9. The SMILES string of the molecule is OC[C@@H]1CC[C@H](n2cnc3c(NC4CCCCCCC4)cc(Cl)nc32)O1. The van der Waals surface area contributed by atoms with Crippen molar-refractivity contribution in [2.24, 2.45) is 0 Å². The molecule has 1 aliphatic heterocycles. The molecule has 2 aromatic heterocycles. The second-order valence-electron chi connectivity index (χ2n) is 7.48. The third kappa shape index (κ3) is 3.82. The van der Waals surface area contributed by atoms with Crippen LogP contribution in [0.15, 0.2) is 12.4 Å². The number of aliphatic hydroxyl groups excluding tert-OH is 1.